The highest BCUT2D eigenvalue weighted by Gasteiger charge is 2.06. The molecular formula is C10H14Cl2OSi. The van der Waals surface area contributed by atoms with E-state index in [4.69, 9.17) is 27.6 Å². The Morgan fingerprint density at radius 2 is 1.93 bits per heavy atom. The van der Waals surface area contributed by atoms with E-state index in [1.54, 1.807) is 0 Å². The molecule has 0 saturated heterocycles. The summed E-state index contributed by atoms with van der Waals surface area (Å²) in [7, 11) is -1.07. The van der Waals surface area contributed by atoms with Gasteiger partial charge in [-0.15, -0.1) is 23.2 Å². The van der Waals surface area contributed by atoms with E-state index in [1.807, 2.05) is 18.2 Å². The molecule has 78 valence electrons. The van der Waals surface area contributed by atoms with E-state index >= 15 is 0 Å². The minimum atomic E-state index is -1.07. The molecule has 0 heterocycles. The van der Waals surface area contributed by atoms with Crippen LogP contribution in [0.25, 0.3) is 0 Å². The van der Waals surface area contributed by atoms with Crippen LogP contribution in [0.2, 0.25) is 13.1 Å². The lowest BCUT2D eigenvalue weighted by molar-refractivity contribution is 0.574. The third-order valence-corrected chi connectivity index (χ3v) is 3.11. The van der Waals surface area contributed by atoms with Gasteiger partial charge in [-0.1, -0.05) is 12.1 Å². The summed E-state index contributed by atoms with van der Waals surface area (Å²) in [6.45, 7) is 4.26. The zero-order valence-corrected chi connectivity index (χ0v) is 11.1. The van der Waals surface area contributed by atoms with Crippen molar-refractivity contribution < 1.29 is 4.43 Å². The number of hydrogen-bond acceptors (Lipinski definition) is 1. The highest BCUT2D eigenvalue weighted by molar-refractivity contribution is 6.49. The molecule has 0 amide bonds. The zero-order chi connectivity index (χ0) is 10.6. The molecule has 0 atom stereocenters. The molecule has 0 unspecified atom stereocenters. The molecular weight excluding hydrogens is 235 g/mol. The molecule has 4 heteroatoms. The first kappa shape index (κ1) is 11.9. The third-order valence-electron chi connectivity index (χ3n) is 1.79. The number of rotatable bonds is 4. The van der Waals surface area contributed by atoms with Crippen molar-refractivity contribution in [2.45, 2.75) is 24.9 Å². The van der Waals surface area contributed by atoms with Gasteiger partial charge >= 0.3 is 0 Å². The smallest absolute Gasteiger partial charge is 0.229 e. The van der Waals surface area contributed by atoms with Gasteiger partial charge in [-0.25, -0.2) is 0 Å². The van der Waals surface area contributed by atoms with Gasteiger partial charge in [-0.05, 0) is 24.7 Å². The molecule has 0 aliphatic carbocycles. The van der Waals surface area contributed by atoms with Gasteiger partial charge in [0.2, 0.25) is 9.04 Å². The van der Waals surface area contributed by atoms with Crippen LogP contribution in [0.15, 0.2) is 18.2 Å². The van der Waals surface area contributed by atoms with Crippen molar-refractivity contribution in [1.29, 1.82) is 0 Å². The van der Waals surface area contributed by atoms with Gasteiger partial charge in [0, 0.05) is 11.4 Å². The molecule has 0 aromatic heterocycles. The number of alkyl halides is 2. The third kappa shape index (κ3) is 3.19. The van der Waals surface area contributed by atoms with Gasteiger partial charge in [0.25, 0.3) is 0 Å². The van der Waals surface area contributed by atoms with Crippen molar-refractivity contribution in [2.24, 2.45) is 0 Å². The molecule has 1 aromatic carbocycles. The summed E-state index contributed by atoms with van der Waals surface area (Å²) < 4.78 is 5.77. The lowest BCUT2D eigenvalue weighted by Gasteiger charge is -2.13. The maximum atomic E-state index is 5.81. The standard InChI is InChI=1S/C10H14Cl2OSi/c1-14(2)13-10-5-8(6-11)3-4-9(10)7-12/h3-5,14H,6-7H2,1-2H3. The van der Waals surface area contributed by atoms with Crippen LogP contribution in [0, 0.1) is 0 Å². The summed E-state index contributed by atoms with van der Waals surface area (Å²) in [6, 6.07) is 5.95. The summed E-state index contributed by atoms with van der Waals surface area (Å²) >= 11 is 11.6. The van der Waals surface area contributed by atoms with Crippen LogP contribution in [0.4, 0.5) is 0 Å². The second-order valence-electron chi connectivity index (χ2n) is 3.38. The SMILES string of the molecule is C[SiH](C)Oc1cc(CCl)ccc1CCl. The molecule has 0 aliphatic rings. The number of halogens is 2. The second-order valence-corrected chi connectivity index (χ2v) is 6.24. The van der Waals surface area contributed by atoms with E-state index in [9.17, 15) is 0 Å². The Hall–Kier alpha value is -0.183. The van der Waals surface area contributed by atoms with Gasteiger partial charge in [-0.2, -0.15) is 0 Å². The second kappa shape index (κ2) is 5.64. The Balaban J connectivity index is 2.96. The Labute approximate surface area is 96.7 Å². The molecule has 0 aliphatic heterocycles. The van der Waals surface area contributed by atoms with E-state index < -0.39 is 9.04 Å². The summed E-state index contributed by atoms with van der Waals surface area (Å²) in [5.74, 6) is 1.90. The van der Waals surface area contributed by atoms with Crippen molar-refractivity contribution in [3.8, 4) is 5.75 Å². The molecule has 0 saturated carbocycles. The Bertz CT molecular complexity index is 302. The lowest BCUT2D eigenvalue weighted by Crippen LogP contribution is -2.12. The highest BCUT2D eigenvalue weighted by Crippen LogP contribution is 2.23. The first-order valence-electron chi connectivity index (χ1n) is 4.57. The fourth-order valence-electron chi connectivity index (χ4n) is 1.16. The molecule has 0 radical (unpaired) electrons. The highest BCUT2D eigenvalue weighted by atomic mass is 35.5. The molecule has 1 aromatic rings. The average molecular weight is 249 g/mol. The van der Waals surface area contributed by atoms with Gasteiger partial charge in [0.1, 0.15) is 5.75 Å². The van der Waals surface area contributed by atoms with Gasteiger partial charge in [0.05, 0.1) is 5.88 Å². The zero-order valence-electron chi connectivity index (χ0n) is 8.39. The summed E-state index contributed by atoms with van der Waals surface area (Å²) in [5, 5.41) is 0. The summed E-state index contributed by atoms with van der Waals surface area (Å²) in [4.78, 5) is 0. The maximum Gasteiger partial charge on any atom is 0.229 e. The van der Waals surface area contributed by atoms with Crippen LogP contribution >= 0.6 is 23.2 Å². The lowest BCUT2D eigenvalue weighted by atomic mass is 10.1. The first-order valence-corrected chi connectivity index (χ1v) is 8.42. The van der Waals surface area contributed by atoms with Gasteiger partial charge < -0.3 is 4.43 Å². The minimum absolute atomic E-state index is 0.485. The Kier molecular flexibility index (Phi) is 4.79. The van der Waals surface area contributed by atoms with E-state index in [0.717, 1.165) is 16.9 Å². The van der Waals surface area contributed by atoms with Crippen molar-refractivity contribution in [3.63, 3.8) is 0 Å². The molecule has 0 fully saturated rings. The molecule has 0 N–H and O–H groups in total. The maximum absolute atomic E-state index is 5.81. The quantitative estimate of drug-likeness (QED) is 0.586. The van der Waals surface area contributed by atoms with Crippen molar-refractivity contribution in [2.75, 3.05) is 0 Å². The largest absolute Gasteiger partial charge is 0.547 e. The predicted molar refractivity (Wildman–Crippen MR) is 65.1 cm³/mol. The summed E-state index contributed by atoms with van der Waals surface area (Å²) in [5.41, 5.74) is 2.12. The van der Waals surface area contributed by atoms with Crippen LogP contribution in [0.3, 0.4) is 0 Å². The average Bonchev–Trinajstić information content (AvgIpc) is 2.16. The molecule has 0 spiro atoms. The van der Waals surface area contributed by atoms with Crippen LogP contribution in [-0.4, -0.2) is 9.04 Å². The van der Waals surface area contributed by atoms with Crippen LogP contribution in [-0.2, 0) is 11.8 Å². The van der Waals surface area contributed by atoms with E-state index in [0.29, 0.717) is 11.8 Å². The topological polar surface area (TPSA) is 9.23 Å². The van der Waals surface area contributed by atoms with Gasteiger partial charge in [0.15, 0.2) is 0 Å². The van der Waals surface area contributed by atoms with Crippen LogP contribution in [0.1, 0.15) is 11.1 Å². The number of hydrogen-bond donors (Lipinski definition) is 0. The molecule has 0 bridgehead atoms. The Morgan fingerprint density at radius 3 is 2.43 bits per heavy atom. The van der Waals surface area contributed by atoms with Crippen molar-refractivity contribution in [3.05, 3.63) is 29.3 Å². The minimum Gasteiger partial charge on any atom is -0.547 e. The predicted octanol–water partition coefficient (Wildman–Crippen LogP) is 3.53. The van der Waals surface area contributed by atoms with Crippen LogP contribution in [0.5, 0.6) is 5.75 Å². The van der Waals surface area contributed by atoms with E-state index in [-0.39, 0.29) is 0 Å². The molecule has 14 heavy (non-hydrogen) atoms. The fraction of sp³-hybridized carbons (Fsp3) is 0.400. The van der Waals surface area contributed by atoms with E-state index in [2.05, 4.69) is 13.1 Å². The first-order chi connectivity index (χ1) is 6.67. The normalized spacial score (nSPS) is 10.6. The molecule has 1 nitrogen and oxygen atoms in total. The fourth-order valence-corrected chi connectivity index (χ4v) is 2.27. The summed E-state index contributed by atoms with van der Waals surface area (Å²) in [6.07, 6.45) is 0. The molecule has 1 rings (SSSR count). The van der Waals surface area contributed by atoms with Crippen molar-refractivity contribution in [1.82, 2.24) is 0 Å². The van der Waals surface area contributed by atoms with E-state index in [1.165, 1.54) is 0 Å². The van der Waals surface area contributed by atoms with Crippen LogP contribution < -0.4 is 4.43 Å². The monoisotopic (exact) mass is 248 g/mol. The van der Waals surface area contributed by atoms with Gasteiger partial charge in [-0.3, -0.25) is 0 Å². The number of benzene rings is 1. The Morgan fingerprint density at radius 1 is 1.21 bits per heavy atom. The van der Waals surface area contributed by atoms with Crippen molar-refractivity contribution >= 4 is 32.2 Å².